The Hall–Kier alpha value is -4.32. The molecule has 8 nitrogen and oxygen atoms in total. The third-order valence-electron chi connectivity index (χ3n) is 8.58. The Bertz CT molecular complexity index is 1740. The van der Waals surface area contributed by atoms with E-state index in [4.69, 9.17) is 0 Å². The minimum absolute atomic E-state index is 0.0500. The van der Waals surface area contributed by atoms with Crippen LogP contribution in [0.25, 0.3) is 17.1 Å². The molecule has 2 amide bonds. The molecule has 0 bridgehead atoms. The number of aromatic nitrogens is 3. The molecule has 0 spiro atoms. The number of amides is 2. The molecule has 12 heteroatoms. The van der Waals surface area contributed by atoms with Crippen LogP contribution in [-0.4, -0.2) is 50.7 Å². The highest BCUT2D eigenvalue weighted by molar-refractivity contribution is 8.14. The lowest BCUT2D eigenvalue weighted by Crippen LogP contribution is -2.38. The van der Waals surface area contributed by atoms with E-state index in [9.17, 15) is 18.0 Å². The Morgan fingerprint density at radius 3 is 2.55 bits per heavy atom. The number of urea groups is 1. The van der Waals surface area contributed by atoms with Gasteiger partial charge < -0.3 is 15.0 Å². The summed E-state index contributed by atoms with van der Waals surface area (Å²) in [5.74, 6) is 1.82. The summed E-state index contributed by atoms with van der Waals surface area (Å²) in [6.07, 6.45) is 0.495. The minimum Gasteiger partial charge on any atom is -0.406 e. The topological polar surface area (TPSA) is 84.6 Å². The molecule has 1 saturated heterocycles. The number of anilines is 1. The predicted molar refractivity (Wildman–Crippen MR) is 180 cm³/mol. The first-order valence-electron chi connectivity index (χ1n) is 15.8. The number of aliphatic imine (C=N–C) groups is 1. The number of nitrogens with one attached hydrogen (secondary N) is 1. The molecule has 1 aliphatic carbocycles. The van der Waals surface area contributed by atoms with Crippen molar-refractivity contribution in [3.05, 3.63) is 89.7 Å². The second-order valence-corrected chi connectivity index (χ2v) is 13.3. The van der Waals surface area contributed by atoms with E-state index in [1.165, 1.54) is 52.0 Å². The number of benzene rings is 3. The van der Waals surface area contributed by atoms with E-state index >= 15 is 0 Å². The van der Waals surface area contributed by atoms with Crippen molar-refractivity contribution in [3.8, 4) is 22.8 Å². The standard InChI is InChI=1S/C35H37F3N6O2S/c1-22(2)31-23(3)6-4-7-30(31)43-18-5-19-47-34(43)41-33(45)40-27-13-12-26(20-27)24-8-10-25(11-9-24)32-39-21-44(42-32)28-14-16-29(17-15-28)46-35(36,37)38/h4,6-11,14-17,21-22,26-27H,5,12-13,18-20H2,1-3H3,(H,40,45). The molecular weight excluding hydrogens is 625 g/mol. The summed E-state index contributed by atoms with van der Waals surface area (Å²) in [6, 6.07) is 19.6. The Kier molecular flexibility index (Phi) is 9.58. The maximum Gasteiger partial charge on any atom is 0.573 e. The van der Waals surface area contributed by atoms with E-state index < -0.39 is 6.36 Å². The monoisotopic (exact) mass is 662 g/mol. The molecule has 1 saturated carbocycles. The first-order valence-corrected chi connectivity index (χ1v) is 16.8. The Balaban J connectivity index is 1.07. The third kappa shape index (κ3) is 7.81. The number of halogens is 3. The van der Waals surface area contributed by atoms with E-state index in [2.05, 4.69) is 81.1 Å². The summed E-state index contributed by atoms with van der Waals surface area (Å²) in [5, 5.41) is 8.42. The summed E-state index contributed by atoms with van der Waals surface area (Å²) < 4.78 is 42.8. The number of rotatable bonds is 7. The summed E-state index contributed by atoms with van der Waals surface area (Å²) >= 11 is 1.64. The number of aryl methyl sites for hydroxylation is 1. The van der Waals surface area contributed by atoms with Gasteiger partial charge in [0.1, 0.15) is 12.1 Å². The molecule has 1 aliphatic heterocycles. The van der Waals surface area contributed by atoms with Crippen LogP contribution in [0.3, 0.4) is 0 Å². The molecule has 0 radical (unpaired) electrons. The molecule has 6 rings (SSSR count). The van der Waals surface area contributed by atoms with Gasteiger partial charge >= 0.3 is 12.4 Å². The SMILES string of the molecule is Cc1cccc(N2CCCSC2=NC(=O)NC2CCC(c3ccc(-c4ncn(-c5ccc(OC(F)(F)F)cc5)n4)cc3)C2)c1C(C)C. The molecule has 2 aliphatic rings. The zero-order valence-electron chi connectivity index (χ0n) is 26.5. The summed E-state index contributed by atoms with van der Waals surface area (Å²) in [4.78, 5) is 24.3. The predicted octanol–water partition coefficient (Wildman–Crippen LogP) is 8.61. The fraction of sp³-hybridized carbons (Fsp3) is 0.371. The second-order valence-electron chi connectivity index (χ2n) is 12.2. The van der Waals surface area contributed by atoms with Gasteiger partial charge in [-0.05, 0) is 91.5 Å². The fourth-order valence-corrected chi connectivity index (χ4v) is 7.41. The molecule has 1 aromatic heterocycles. The molecule has 2 atom stereocenters. The molecule has 4 aromatic rings. The lowest BCUT2D eigenvalue weighted by atomic mass is 9.95. The van der Waals surface area contributed by atoms with Gasteiger partial charge in [-0.3, -0.25) is 0 Å². The van der Waals surface area contributed by atoms with Crippen molar-refractivity contribution in [2.75, 3.05) is 17.2 Å². The highest BCUT2D eigenvalue weighted by Crippen LogP contribution is 2.36. The van der Waals surface area contributed by atoms with Crippen molar-refractivity contribution in [2.24, 2.45) is 4.99 Å². The summed E-state index contributed by atoms with van der Waals surface area (Å²) in [7, 11) is 0. The molecular formula is C35H37F3N6O2S. The van der Waals surface area contributed by atoms with Gasteiger partial charge in [0.2, 0.25) is 0 Å². The highest BCUT2D eigenvalue weighted by atomic mass is 32.2. The number of thioether (sulfide) groups is 1. The average molecular weight is 663 g/mol. The van der Waals surface area contributed by atoms with Gasteiger partial charge in [0.05, 0.1) is 5.69 Å². The van der Waals surface area contributed by atoms with Gasteiger partial charge in [-0.15, -0.1) is 18.3 Å². The van der Waals surface area contributed by atoms with Crippen LogP contribution in [0.4, 0.5) is 23.7 Å². The van der Waals surface area contributed by atoms with Crippen LogP contribution in [0.5, 0.6) is 5.75 Å². The number of hydrogen-bond acceptors (Lipinski definition) is 5. The minimum atomic E-state index is -4.74. The smallest absolute Gasteiger partial charge is 0.406 e. The molecule has 2 heterocycles. The zero-order chi connectivity index (χ0) is 33.1. The molecule has 246 valence electrons. The lowest BCUT2D eigenvalue weighted by Gasteiger charge is -2.32. The van der Waals surface area contributed by atoms with Crippen LogP contribution in [0.1, 0.15) is 68.1 Å². The first kappa shape index (κ1) is 32.6. The molecule has 47 heavy (non-hydrogen) atoms. The first-order chi connectivity index (χ1) is 22.5. The Labute approximate surface area is 276 Å². The number of ether oxygens (including phenoxy) is 1. The van der Waals surface area contributed by atoms with Crippen molar-refractivity contribution in [1.82, 2.24) is 20.1 Å². The number of nitrogens with zero attached hydrogens (tertiary/aromatic N) is 5. The third-order valence-corrected chi connectivity index (χ3v) is 9.64. The van der Waals surface area contributed by atoms with Crippen LogP contribution in [0.2, 0.25) is 0 Å². The maximum atomic E-state index is 13.1. The summed E-state index contributed by atoms with van der Waals surface area (Å²) in [5.41, 5.74) is 6.26. The van der Waals surface area contributed by atoms with Gasteiger partial charge in [-0.1, -0.05) is 62.0 Å². The van der Waals surface area contributed by atoms with E-state index in [0.29, 0.717) is 23.3 Å². The second kappa shape index (κ2) is 13.8. The quantitative estimate of drug-likeness (QED) is 0.213. The maximum absolute atomic E-state index is 13.1. The number of hydrogen-bond donors (Lipinski definition) is 1. The van der Waals surface area contributed by atoms with Gasteiger partial charge in [0, 0.05) is 29.6 Å². The van der Waals surface area contributed by atoms with Crippen molar-refractivity contribution < 1.29 is 22.7 Å². The Morgan fingerprint density at radius 2 is 1.83 bits per heavy atom. The number of carbonyl (C=O) groups excluding carboxylic acids is 1. The van der Waals surface area contributed by atoms with Crippen LogP contribution in [0.15, 0.2) is 78.0 Å². The van der Waals surface area contributed by atoms with Crippen LogP contribution in [-0.2, 0) is 0 Å². The normalized spacial score (nSPS) is 19.4. The number of carbonyl (C=O) groups is 1. The van der Waals surface area contributed by atoms with Gasteiger partial charge in [0.15, 0.2) is 11.0 Å². The van der Waals surface area contributed by atoms with E-state index in [1.54, 1.807) is 11.8 Å². The van der Waals surface area contributed by atoms with Gasteiger partial charge in [-0.25, -0.2) is 14.5 Å². The molecule has 3 aromatic carbocycles. The van der Waals surface area contributed by atoms with E-state index in [-0.39, 0.29) is 17.8 Å². The van der Waals surface area contributed by atoms with Crippen molar-refractivity contribution in [2.45, 2.75) is 70.7 Å². The molecule has 1 N–H and O–H groups in total. The summed E-state index contributed by atoms with van der Waals surface area (Å²) in [6.45, 7) is 7.38. The van der Waals surface area contributed by atoms with Crippen molar-refractivity contribution >= 4 is 28.6 Å². The number of amidine groups is 1. The average Bonchev–Trinajstić information content (AvgIpc) is 3.71. The Morgan fingerprint density at radius 1 is 1.06 bits per heavy atom. The fourth-order valence-electron chi connectivity index (χ4n) is 6.46. The van der Waals surface area contributed by atoms with Crippen LogP contribution in [0, 0.1) is 6.92 Å². The lowest BCUT2D eigenvalue weighted by molar-refractivity contribution is -0.274. The number of alkyl halides is 3. The largest absolute Gasteiger partial charge is 0.573 e. The zero-order valence-corrected chi connectivity index (χ0v) is 27.3. The van der Waals surface area contributed by atoms with Crippen LogP contribution >= 0.6 is 11.8 Å². The van der Waals surface area contributed by atoms with E-state index in [0.717, 1.165) is 54.4 Å². The molecule has 2 unspecified atom stereocenters. The van der Waals surface area contributed by atoms with E-state index in [1.807, 2.05) is 12.1 Å². The van der Waals surface area contributed by atoms with Gasteiger partial charge in [-0.2, -0.15) is 4.99 Å². The van der Waals surface area contributed by atoms with Gasteiger partial charge in [0.25, 0.3) is 0 Å². The van der Waals surface area contributed by atoms with Crippen LogP contribution < -0.4 is 15.0 Å². The molecule has 2 fully saturated rings. The van der Waals surface area contributed by atoms with Crippen molar-refractivity contribution in [3.63, 3.8) is 0 Å². The highest BCUT2D eigenvalue weighted by Gasteiger charge is 2.31. The van der Waals surface area contributed by atoms with Crippen molar-refractivity contribution in [1.29, 1.82) is 0 Å².